The van der Waals surface area contributed by atoms with E-state index in [1.54, 1.807) is 0 Å². The lowest BCUT2D eigenvalue weighted by Gasteiger charge is -2.28. The Hall–Kier alpha value is -0.950. The summed E-state index contributed by atoms with van der Waals surface area (Å²) in [4.78, 5) is 12.1. The van der Waals surface area contributed by atoms with E-state index in [0.717, 1.165) is 12.4 Å². The van der Waals surface area contributed by atoms with Crippen molar-refractivity contribution in [2.24, 2.45) is 0 Å². The Kier molecular flexibility index (Phi) is 5.41. The first-order valence-electron chi connectivity index (χ1n) is 5.89. The Morgan fingerprint density at radius 3 is 2.00 bits per heavy atom. The molecule has 0 aromatic carbocycles. The van der Waals surface area contributed by atoms with Crippen LogP contribution in [0.5, 0.6) is 0 Å². The van der Waals surface area contributed by atoms with Crippen molar-refractivity contribution in [2.75, 3.05) is 0 Å². The summed E-state index contributed by atoms with van der Waals surface area (Å²) < 4.78 is 60.9. The van der Waals surface area contributed by atoms with Crippen LogP contribution in [-0.4, -0.2) is 46.0 Å². The molecule has 0 saturated carbocycles. The molecular weight excluding hydrogens is 480 g/mol. The summed E-state index contributed by atoms with van der Waals surface area (Å²) in [5, 5.41) is 12.3. The molecule has 2 aromatic rings. The minimum atomic E-state index is -6.19. The number of nitrogens with zero attached hydrogens (tertiary/aromatic N) is 6. The molecule has 7 nitrogen and oxygen atoms in total. The van der Waals surface area contributed by atoms with Gasteiger partial charge in [-0.15, -0.1) is 10.2 Å². The van der Waals surface area contributed by atoms with Crippen molar-refractivity contribution in [3.63, 3.8) is 0 Å². The molecule has 0 aliphatic rings. The van der Waals surface area contributed by atoms with E-state index in [-0.39, 0.29) is 0 Å². The van der Waals surface area contributed by atoms with Gasteiger partial charge in [0.15, 0.2) is 5.69 Å². The molecule has 17 heteroatoms. The third-order valence-electron chi connectivity index (χ3n) is 2.78. The maximum Gasteiger partial charge on any atom is 0.459 e. The lowest BCUT2D eigenvalue weighted by molar-refractivity contribution is -0.291. The van der Waals surface area contributed by atoms with E-state index in [2.05, 4.69) is 20.6 Å². The number of aromatic nitrogens is 6. The van der Waals surface area contributed by atoms with E-state index in [4.69, 9.17) is 58.0 Å². The van der Waals surface area contributed by atoms with Crippen molar-refractivity contribution in [2.45, 2.75) is 20.2 Å². The van der Waals surface area contributed by atoms with Gasteiger partial charge in [0, 0.05) is 0 Å². The largest absolute Gasteiger partial charge is 0.459 e. The average Bonchev–Trinajstić information content (AvgIpc) is 3.14. The molecule has 2 rings (SSSR count). The van der Waals surface area contributed by atoms with E-state index < -0.39 is 42.3 Å². The van der Waals surface area contributed by atoms with Gasteiger partial charge in [0.05, 0.1) is 12.4 Å². The fraction of sp³-hybridized carbons (Fsp3) is 0.444. The van der Waals surface area contributed by atoms with Gasteiger partial charge < -0.3 is 0 Å². The molecule has 26 heavy (non-hydrogen) atoms. The van der Waals surface area contributed by atoms with E-state index in [0.29, 0.717) is 4.68 Å². The van der Waals surface area contributed by atoms with E-state index in [1.165, 1.54) is 0 Å². The Bertz CT molecular complexity index is 814. The molecule has 0 atom stereocenters. The van der Waals surface area contributed by atoms with Crippen LogP contribution in [0.4, 0.5) is 26.7 Å². The lowest BCUT2D eigenvalue weighted by Crippen LogP contribution is -2.41. The summed E-state index contributed by atoms with van der Waals surface area (Å²) in [5.74, 6) is -5.70. The van der Waals surface area contributed by atoms with Crippen molar-refractivity contribution in [3.8, 4) is 0 Å². The van der Waals surface area contributed by atoms with Gasteiger partial charge in [0.1, 0.15) is 5.69 Å². The zero-order valence-corrected chi connectivity index (χ0v) is 15.3. The third kappa shape index (κ3) is 3.44. The number of carbonyl (C=O) groups excluding carboxylic acids is 1. The molecule has 0 aliphatic heterocycles. The lowest BCUT2D eigenvalue weighted by atomic mass is 10.1. The highest BCUT2D eigenvalue weighted by Crippen LogP contribution is 2.56. The molecule has 2 aromatic heterocycles. The molecular formula is C9H2Cl5F5N6O. The average molecular weight is 482 g/mol. The minimum absolute atomic E-state index is 0.299. The molecule has 0 fully saturated rings. The molecule has 0 N–H and O–H groups in total. The maximum atomic E-state index is 14.1. The summed E-state index contributed by atoms with van der Waals surface area (Å²) in [6, 6.07) is -1.60. The summed E-state index contributed by atoms with van der Waals surface area (Å²) >= 11 is 27.6. The van der Waals surface area contributed by atoms with E-state index in [9.17, 15) is 26.7 Å². The molecule has 0 amide bonds. The van der Waals surface area contributed by atoms with Crippen molar-refractivity contribution >= 4 is 64.0 Å². The van der Waals surface area contributed by atoms with Crippen LogP contribution in [0.25, 0.3) is 0 Å². The molecule has 2 heterocycles. The predicted octanol–water partition coefficient (Wildman–Crippen LogP) is 4.04. The van der Waals surface area contributed by atoms with Crippen LogP contribution in [-0.2, 0) is 10.3 Å². The van der Waals surface area contributed by atoms with Crippen LogP contribution in [0.1, 0.15) is 11.4 Å². The highest BCUT2D eigenvalue weighted by molar-refractivity contribution is 6.75. The predicted molar refractivity (Wildman–Crippen MR) is 79.9 cm³/mol. The Balaban J connectivity index is 2.79. The molecule has 144 valence electrons. The standard InChI is InChI=1S/C9H2Cl5F5N6O/c10-6(11,8(12,13)14)3-4(7(15,16)9(17,18)19)25(23-21-3)5(26)24-2-1-20-22-24/h1-2H. The summed E-state index contributed by atoms with van der Waals surface area (Å²) in [6.07, 6.45) is -4.39. The topological polar surface area (TPSA) is 78.5 Å². The van der Waals surface area contributed by atoms with Crippen molar-refractivity contribution in [3.05, 3.63) is 23.8 Å². The Labute approximate surface area is 164 Å². The third-order valence-corrected chi connectivity index (χ3v) is 5.13. The zero-order valence-electron chi connectivity index (χ0n) is 11.5. The quantitative estimate of drug-likeness (QED) is 0.477. The number of hydrogen-bond acceptors (Lipinski definition) is 5. The highest BCUT2D eigenvalue weighted by Gasteiger charge is 2.65. The van der Waals surface area contributed by atoms with Gasteiger partial charge >= 0.3 is 18.1 Å². The molecule has 0 aliphatic carbocycles. The first kappa shape index (κ1) is 21.4. The van der Waals surface area contributed by atoms with Crippen LogP contribution in [0.3, 0.4) is 0 Å². The highest BCUT2D eigenvalue weighted by atomic mass is 35.6. The van der Waals surface area contributed by atoms with E-state index in [1.807, 2.05) is 0 Å². The van der Waals surface area contributed by atoms with E-state index >= 15 is 0 Å². The summed E-state index contributed by atoms with van der Waals surface area (Å²) in [6.45, 7) is 0. The van der Waals surface area contributed by atoms with Crippen LogP contribution < -0.4 is 0 Å². The smallest absolute Gasteiger partial charge is 0.243 e. The first-order valence-corrected chi connectivity index (χ1v) is 7.78. The zero-order chi connectivity index (χ0) is 20.1. The Morgan fingerprint density at radius 1 is 1.00 bits per heavy atom. The molecule has 0 radical (unpaired) electrons. The van der Waals surface area contributed by atoms with Gasteiger partial charge in [0.2, 0.25) is 8.13 Å². The number of halogens is 10. The summed E-state index contributed by atoms with van der Waals surface area (Å²) in [7, 11) is 0. The molecule has 0 saturated heterocycles. The second-order valence-corrected chi connectivity index (χ2v) is 8.08. The van der Waals surface area contributed by atoms with Gasteiger partial charge in [-0.05, 0) is 0 Å². The van der Waals surface area contributed by atoms with Crippen molar-refractivity contribution in [1.29, 1.82) is 0 Å². The number of carbonyl (C=O) groups is 1. The SMILES string of the molecule is O=C(n1ccnn1)n1nnc(C(Cl)(Cl)C(Cl)(Cl)Cl)c1C(F)(F)C(F)(F)F. The fourth-order valence-electron chi connectivity index (χ4n) is 1.58. The monoisotopic (exact) mass is 480 g/mol. The van der Waals surface area contributed by atoms with Crippen LogP contribution >= 0.6 is 58.0 Å². The molecule has 0 spiro atoms. The van der Waals surface area contributed by atoms with Gasteiger partial charge in [-0.3, -0.25) is 0 Å². The van der Waals surface area contributed by atoms with Crippen LogP contribution in [0.15, 0.2) is 12.4 Å². The fourth-order valence-corrected chi connectivity index (χ4v) is 2.11. The van der Waals surface area contributed by atoms with Crippen LogP contribution in [0, 0.1) is 0 Å². The summed E-state index contributed by atoms with van der Waals surface area (Å²) in [5.41, 5.74) is -3.64. The van der Waals surface area contributed by atoms with Crippen molar-refractivity contribution < 1.29 is 26.7 Å². The number of alkyl halides is 10. The molecule has 0 unspecified atom stereocenters. The van der Waals surface area contributed by atoms with Crippen molar-refractivity contribution in [1.82, 2.24) is 30.0 Å². The second-order valence-electron chi connectivity index (χ2n) is 4.47. The van der Waals surface area contributed by atoms with Gasteiger partial charge in [-0.1, -0.05) is 68.4 Å². The second kappa shape index (κ2) is 6.59. The number of rotatable bonds is 2. The normalized spacial score (nSPS) is 13.9. The van der Waals surface area contributed by atoms with Gasteiger partial charge in [-0.2, -0.15) is 31.3 Å². The number of hydrogen-bond donors (Lipinski definition) is 0. The Morgan fingerprint density at radius 2 is 1.58 bits per heavy atom. The van der Waals surface area contributed by atoms with Gasteiger partial charge in [-0.25, -0.2) is 4.79 Å². The first-order chi connectivity index (χ1) is 11.6. The maximum absolute atomic E-state index is 14.1. The minimum Gasteiger partial charge on any atom is -0.243 e. The van der Waals surface area contributed by atoms with Gasteiger partial charge in [0.25, 0.3) is 0 Å². The van der Waals surface area contributed by atoms with Crippen LogP contribution in [0.2, 0.25) is 0 Å². The molecule has 0 bridgehead atoms.